The Balaban J connectivity index is 1.77. The Kier molecular flexibility index (Phi) is 6.29. The van der Waals surface area contributed by atoms with Crippen molar-refractivity contribution in [3.05, 3.63) is 39.6 Å². The summed E-state index contributed by atoms with van der Waals surface area (Å²) in [6.45, 7) is 2.01. The molecule has 3 N–H and O–H groups in total. The van der Waals surface area contributed by atoms with Crippen LogP contribution < -0.4 is 11.1 Å². The van der Waals surface area contributed by atoms with Crippen molar-refractivity contribution < 1.29 is 23.9 Å². The van der Waals surface area contributed by atoms with Crippen LogP contribution in [0.5, 0.6) is 0 Å². The Labute approximate surface area is 173 Å². The Morgan fingerprint density at radius 3 is 2.86 bits per heavy atom. The molecule has 2 heterocycles. The lowest BCUT2D eigenvalue weighted by atomic mass is 10.1. The quantitative estimate of drug-likeness (QED) is 0.320. The highest BCUT2D eigenvalue weighted by Crippen LogP contribution is 2.34. The van der Waals surface area contributed by atoms with E-state index in [2.05, 4.69) is 20.3 Å². The SMILES string of the molecule is CCOC(=O)c1sc2ccc(C=N/N=C3/NC(=O)/C(=C\C(=O)OC)S3)cc2c1N. The number of carbonyl (C=O) groups excluding carboxylic acids is 3. The van der Waals surface area contributed by atoms with Gasteiger partial charge in [-0.1, -0.05) is 6.07 Å². The normalized spacial score (nSPS) is 16.7. The molecule has 2 aromatic rings. The maximum atomic E-state index is 12.0. The zero-order valence-corrected chi connectivity index (χ0v) is 17.1. The van der Waals surface area contributed by atoms with Gasteiger partial charge in [0.25, 0.3) is 5.91 Å². The number of hydrogen-bond donors (Lipinski definition) is 2. The maximum Gasteiger partial charge on any atom is 0.350 e. The van der Waals surface area contributed by atoms with Gasteiger partial charge < -0.3 is 15.2 Å². The lowest BCUT2D eigenvalue weighted by molar-refractivity contribution is -0.135. The van der Waals surface area contributed by atoms with Gasteiger partial charge in [-0.05, 0) is 36.4 Å². The molecule has 0 spiro atoms. The minimum atomic E-state index is -0.628. The average molecular weight is 432 g/mol. The van der Waals surface area contributed by atoms with E-state index in [-0.39, 0.29) is 16.7 Å². The van der Waals surface area contributed by atoms with Crippen molar-refractivity contribution in [2.45, 2.75) is 6.92 Å². The fourth-order valence-electron chi connectivity index (χ4n) is 2.35. The van der Waals surface area contributed by atoms with Gasteiger partial charge in [-0.2, -0.15) is 5.10 Å². The average Bonchev–Trinajstić information content (AvgIpc) is 3.21. The molecule has 1 aromatic carbocycles. The topological polar surface area (TPSA) is 132 Å². The van der Waals surface area contributed by atoms with Gasteiger partial charge in [0.05, 0.1) is 30.5 Å². The minimum Gasteiger partial charge on any atom is -0.466 e. The number of ether oxygens (including phenoxy) is 2. The van der Waals surface area contributed by atoms with Gasteiger partial charge >= 0.3 is 11.9 Å². The number of nitrogens with two attached hydrogens (primary N) is 1. The molecule has 9 nitrogen and oxygen atoms in total. The molecule has 1 saturated heterocycles. The highest BCUT2D eigenvalue weighted by molar-refractivity contribution is 8.18. The van der Waals surface area contributed by atoms with Crippen LogP contribution in [0.3, 0.4) is 0 Å². The first-order chi connectivity index (χ1) is 13.9. The number of nitrogens with one attached hydrogen (secondary N) is 1. The van der Waals surface area contributed by atoms with Crippen molar-refractivity contribution >= 4 is 68.1 Å². The Bertz CT molecular complexity index is 1090. The molecule has 0 aliphatic carbocycles. The van der Waals surface area contributed by atoms with Crippen LogP contribution in [-0.2, 0) is 19.1 Å². The molecule has 0 radical (unpaired) electrons. The highest BCUT2D eigenvalue weighted by atomic mass is 32.2. The molecule has 1 aliphatic heterocycles. The predicted octanol–water partition coefficient (Wildman–Crippen LogP) is 2.27. The van der Waals surface area contributed by atoms with Gasteiger partial charge in [0.15, 0.2) is 5.17 Å². The van der Waals surface area contributed by atoms with Crippen LogP contribution in [0, 0.1) is 0 Å². The molecular formula is C18H16N4O5S2. The molecule has 3 rings (SSSR count). The third-order valence-electron chi connectivity index (χ3n) is 3.67. The predicted molar refractivity (Wildman–Crippen MR) is 113 cm³/mol. The largest absolute Gasteiger partial charge is 0.466 e. The second-order valence-electron chi connectivity index (χ2n) is 5.56. The summed E-state index contributed by atoms with van der Waals surface area (Å²) in [5.74, 6) is -1.53. The van der Waals surface area contributed by atoms with Crippen molar-refractivity contribution in [3.8, 4) is 0 Å². The van der Waals surface area contributed by atoms with E-state index in [4.69, 9.17) is 10.5 Å². The van der Waals surface area contributed by atoms with Crippen molar-refractivity contribution in [1.82, 2.24) is 5.32 Å². The maximum absolute atomic E-state index is 12.0. The van der Waals surface area contributed by atoms with Crippen molar-refractivity contribution in [2.75, 3.05) is 19.5 Å². The van der Waals surface area contributed by atoms with Gasteiger partial charge in [-0.15, -0.1) is 16.4 Å². The van der Waals surface area contributed by atoms with Crippen LogP contribution in [-0.4, -0.2) is 42.9 Å². The molecule has 0 atom stereocenters. The van der Waals surface area contributed by atoms with E-state index in [0.29, 0.717) is 16.1 Å². The van der Waals surface area contributed by atoms with E-state index >= 15 is 0 Å². The number of nitrogens with zero attached hydrogens (tertiary/aromatic N) is 2. The molecule has 29 heavy (non-hydrogen) atoms. The highest BCUT2D eigenvalue weighted by Gasteiger charge is 2.25. The van der Waals surface area contributed by atoms with E-state index in [0.717, 1.165) is 27.9 Å². The summed E-state index contributed by atoms with van der Waals surface area (Å²) in [4.78, 5) is 35.5. The number of rotatable bonds is 5. The Hall–Kier alpha value is -3.18. The smallest absolute Gasteiger partial charge is 0.350 e. The number of thiophene rings is 1. The third kappa shape index (κ3) is 4.63. The summed E-state index contributed by atoms with van der Waals surface area (Å²) in [6.07, 6.45) is 2.57. The number of thioether (sulfide) groups is 1. The number of fused-ring (bicyclic) bond motifs is 1. The van der Waals surface area contributed by atoms with Crippen LogP contribution in [0.4, 0.5) is 5.69 Å². The first kappa shape index (κ1) is 20.6. The number of esters is 2. The van der Waals surface area contributed by atoms with E-state index in [1.165, 1.54) is 24.7 Å². The van der Waals surface area contributed by atoms with Gasteiger partial charge in [0.2, 0.25) is 0 Å². The van der Waals surface area contributed by atoms with E-state index < -0.39 is 17.8 Å². The third-order valence-corrected chi connectivity index (χ3v) is 5.73. The summed E-state index contributed by atoms with van der Waals surface area (Å²) in [7, 11) is 1.23. The molecule has 11 heteroatoms. The van der Waals surface area contributed by atoms with Crippen LogP contribution in [0.15, 0.2) is 39.4 Å². The molecule has 0 bridgehead atoms. The second-order valence-corrected chi connectivity index (χ2v) is 7.64. The summed E-state index contributed by atoms with van der Waals surface area (Å²) >= 11 is 2.25. The molecule has 1 aromatic heterocycles. The standard InChI is InChI=1S/C18H16N4O5S2/c1-3-27-17(25)15-14(19)10-6-9(4-5-11(10)28-15)8-20-22-18-21-16(24)12(29-18)7-13(23)26-2/h4-8H,3,19H2,1-2H3,(H,21,22,24)/b12-7+,20-8?. The summed E-state index contributed by atoms with van der Waals surface area (Å²) in [5.41, 5.74) is 7.16. The van der Waals surface area contributed by atoms with Crippen molar-refractivity contribution in [3.63, 3.8) is 0 Å². The number of carbonyl (C=O) groups is 3. The number of benzene rings is 1. The van der Waals surface area contributed by atoms with Gasteiger partial charge in [0.1, 0.15) is 4.88 Å². The monoisotopic (exact) mass is 432 g/mol. The van der Waals surface area contributed by atoms with E-state index in [1.807, 2.05) is 6.07 Å². The van der Waals surface area contributed by atoms with Crippen LogP contribution in [0.25, 0.3) is 10.1 Å². The summed E-state index contributed by atoms with van der Waals surface area (Å²) < 4.78 is 10.4. The Morgan fingerprint density at radius 2 is 2.14 bits per heavy atom. The molecule has 1 fully saturated rings. The number of anilines is 1. The van der Waals surface area contributed by atoms with Crippen LogP contribution >= 0.6 is 23.1 Å². The van der Waals surface area contributed by atoms with Gasteiger partial charge in [-0.3, -0.25) is 10.1 Å². The molecule has 0 saturated carbocycles. The number of amides is 1. The summed E-state index contributed by atoms with van der Waals surface area (Å²) in [6, 6.07) is 5.42. The van der Waals surface area contributed by atoms with E-state index in [9.17, 15) is 14.4 Å². The minimum absolute atomic E-state index is 0.171. The fraction of sp³-hybridized carbons (Fsp3) is 0.167. The Morgan fingerprint density at radius 1 is 1.34 bits per heavy atom. The molecule has 0 unspecified atom stereocenters. The van der Waals surface area contributed by atoms with Crippen LogP contribution in [0.1, 0.15) is 22.2 Å². The van der Waals surface area contributed by atoms with Gasteiger partial charge in [0, 0.05) is 16.2 Å². The van der Waals surface area contributed by atoms with Crippen molar-refractivity contribution in [2.24, 2.45) is 10.2 Å². The molecular weight excluding hydrogens is 416 g/mol. The lowest BCUT2D eigenvalue weighted by Crippen LogP contribution is -2.19. The first-order valence-corrected chi connectivity index (χ1v) is 9.95. The number of methoxy groups -OCH3 is 1. The van der Waals surface area contributed by atoms with Gasteiger partial charge in [-0.25, -0.2) is 9.59 Å². The van der Waals surface area contributed by atoms with Crippen LogP contribution in [0.2, 0.25) is 0 Å². The van der Waals surface area contributed by atoms with E-state index in [1.54, 1.807) is 19.1 Å². The number of hydrogen-bond acceptors (Lipinski definition) is 10. The zero-order valence-electron chi connectivity index (χ0n) is 15.4. The number of nitrogen functional groups attached to an aromatic ring is 1. The zero-order chi connectivity index (χ0) is 21.0. The summed E-state index contributed by atoms with van der Waals surface area (Å²) in [5, 5.41) is 11.4. The molecule has 1 amide bonds. The van der Waals surface area contributed by atoms with Crippen molar-refractivity contribution in [1.29, 1.82) is 0 Å². The lowest BCUT2D eigenvalue weighted by Gasteiger charge is -1.99. The first-order valence-electron chi connectivity index (χ1n) is 8.32. The second kappa shape index (κ2) is 8.88. The number of amidine groups is 1. The molecule has 150 valence electrons. The molecule has 1 aliphatic rings. The fourth-order valence-corrected chi connectivity index (χ4v) is 4.09.